The maximum absolute atomic E-state index is 6.61. The quantitative estimate of drug-likeness (QED) is 0.429. The number of alkyl halides is 2. The fourth-order valence-corrected chi connectivity index (χ4v) is 4.91. The molecule has 1 saturated carbocycles. The number of halogens is 3. The van der Waals surface area contributed by atoms with Crippen LogP contribution in [0.5, 0.6) is 0 Å². The summed E-state index contributed by atoms with van der Waals surface area (Å²) in [5, 5.41) is 0. The molecular formula is C15H21Br2Cl. The van der Waals surface area contributed by atoms with Crippen LogP contribution < -0.4 is 0 Å². The molecule has 0 heterocycles. The minimum atomic E-state index is -0.116. The van der Waals surface area contributed by atoms with Gasteiger partial charge in [0.1, 0.15) is 0 Å². The number of rotatable bonds is 0. The van der Waals surface area contributed by atoms with E-state index in [2.05, 4.69) is 71.7 Å². The van der Waals surface area contributed by atoms with Crippen LogP contribution in [0.3, 0.4) is 0 Å². The van der Waals surface area contributed by atoms with Gasteiger partial charge in [0.15, 0.2) is 0 Å². The van der Waals surface area contributed by atoms with E-state index in [0.717, 1.165) is 19.3 Å². The van der Waals surface area contributed by atoms with E-state index >= 15 is 0 Å². The monoisotopic (exact) mass is 394 g/mol. The maximum atomic E-state index is 6.61. The zero-order valence-corrected chi connectivity index (χ0v) is 15.4. The van der Waals surface area contributed by atoms with E-state index in [-0.39, 0.29) is 15.7 Å². The highest BCUT2D eigenvalue weighted by Crippen LogP contribution is 2.63. The molecule has 1 fully saturated rings. The third-order valence-electron chi connectivity index (χ3n) is 5.25. The maximum Gasteiger partial charge on any atom is 0.0544 e. The van der Waals surface area contributed by atoms with Crippen molar-refractivity contribution < 1.29 is 0 Å². The Morgan fingerprint density at radius 2 is 1.83 bits per heavy atom. The fourth-order valence-electron chi connectivity index (χ4n) is 3.45. The summed E-state index contributed by atoms with van der Waals surface area (Å²) in [6.07, 6.45) is 7.79. The van der Waals surface area contributed by atoms with Crippen molar-refractivity contribution in [1.82, 2.24) is 0 Å². The van der Waals surface area contributed by atoms with Gasteiger partial charge in [-0.05, 0) is 33.1 Å². The van der Waals surface area contributed by atoms with Crippen molar-refractivity contribution in [2.75, 3.05) is 0 Å². The van der Waals surface area contributed by atoms with Gasteiger partial charge in [0.2, 0.25) is 0 Å². The first kappa shape index (κ1) is 15.1. The highest BCUT2D eigenvalue weighted by Gasteiger charge is 2.54. The van der Waals surface area contributed by atoms with Gasteiger partial charge in [-0.25, -0.2) is 0 Å². The smallest absolute Gasteiger partial charge is 0.0544 e. The van der Waals surface area contributed by atoms with Crippen LogP contribution in [0, 0.1) is 10.8 Å². The summed E-state index contributed by atoms with van der Waals surface area (Å²) in [6.45, 7) is 9.12. The molecule has 0 bridgehead atoms. The second kappa shape index (κ2) is 4.63. The second-order valence-electron chi connectivity index (χ2n) is 6.52. The van der Waals surface area contributed by atoms with Gasteiger partial charge in [0, 0.05) is 20.1 Å². The van der Waals surface area contributed by atoms with Crippen LogP contribution in [0.4, 0.5) is 0 Å². The molecule has 0 aliphatic heterocycles. The molecule has 0 nitrogen and oxygen atoms in total. The molecule has 2 rings (SSSR count). The van der Waals surface area contributed by atoms with E-state index in [4.69, 9.17) is 11.6 Å². The summed E-state index contributed by atoms with van der Waals surface area (Å²) in [5.41, 5.74) is 1.86. The molecule has 0 saturated heterocycles. The molecule has 3 atom stereocenters. The second-order valence-corrected chi connectivity index (χ2v) is 9.34. The van der Waals surface area contributed by atoms with Crippen molar-refractivity contribution in [1.29, 1.82) is 0 Å². The van der Waals surface area contributed by atoms with Gasteiger partial charge in [-0.3, -0.25) is 0 Å². The van der Waals surface area contributed by atoms with E-state index in [9.17, 15) is 0 Å². The molecule has 102 valence electrons. The first-order valence-electron chi connectivity index (χ1n) is 6.51. The lowest BCUT2D eigenvalue weighted by Gasteiger charge is -2.56. The standard InChI is InChI=1S/C15H21Br2Cl/c1-10-5-6-11(16)13(2,3)15(10)8-7-14(4,18)12(17)9-15/h5-6,12H,7-9H2,1-4H3. The summed E-state index contributed by atoms with van der Waals surface area (Å²) in [7, 11) is 0. The van der Waals surface area contributed by atoms with Crippen LogP contribution in [0.25, 0.3) is 0 Å². The first-order valence-corrected chi connectivity index (χ1v) is 8.60. The molecule has 1 spiro atoms. The average Bonchev–Trinajstić information content (AvgIpc) is 2.27. The number of hydrogen-bond donors (Lipinski definition) is 0. The zero-order chi connectivity index (χ0) is 13.8. The van der Waals surface area contributed by atoms with Crippen LogP contribution in [0.15, 0.2) is 22.2 Å². The molecule has 2 aliphatic rings. The number of hydrogen-bond acceptors (Lipinski definition) is 0. The van der Waals surface area contributed by atoms with Crippen molar-refractivity contribution in [3.05, 3.63) is 22.2 Å². The van der Waals surface area contributed by atoms with Gasteiger partial charge >= 0.3 is 0 Å². The molecule has 0 amide bonds. The summed E-state index contributed by atoms with van der Waals surface area (Å²) < 4.78 is 1.30. The molecule has 2 aliphatic carbocycles. The van der Waals surface area contributed by atoms with Crippen molar-refractivity contribution >= 4 is 43.5 Å². The van der Waals surface area contributed by atoms with Crippen molar-refractivity contribution in [2.24, 2.45) is 10.8 Å². The highest BCUT2D eigenvalue weighted by molar-refractivity contribution is 9.11. The zero-order valence-electron chi connectivity index (χ0n) is 11.5. The normalized spacial score (nSPS) is 43.6. The molecule has 0 aromatic carbocycles. The average molecular weight is 397 g/mol. The molecule has 0 N–H and O–H groups in total. The topological polar surface area (TPSA) is 0 Å². The van der Waals surface area contributed by atoms with Crippen LogP contribution in [-0.4, -0.2) is 9.70 Å². The molecule has 0 radical (unpaired) electrons. The lowest BCUT2D eigenvalue weighted by atomic mass is 9.52. The summed E-state index contributed by atoms with van der Waals surface area (Å²) in [4.78, 5) is 0.247. The minimum absolute atomic E-state index is 0.116. The Morgan fingerprint density at radius 1 is 1.22 bits per heavy atom. The van der Waals surface area contributed by atoms with E-state index in [0.29, 0.717) is 4.83 Å². The van der Waals surface area contributed by atoms with Crippen LogP contribution in [0.1, 0.15) is 47.0 Å². The molecule has 18 heavy (non-hydrogen) atoms. The van der Waals surface area contributed by atoms with Gasteiger partial charge in [-0.15, -0.1) is 11.6 Å². The van der Waals surface area contributed by atoms with Gasteiger partial charge in [-0.2, -0.15) is 0 Å². The van der Waals surface area contributed by atoms with Crippen molar-refractivity contribution in [3.8, 4) is 0 Å². The van der Waals surface area contributed by atoms with Crippen molar-refractivity contribution in [3.63, 3.8) is 0 Å². The predicted molar refractivity (Wildman–Crippen MR) is 87.8 cm³/mol. The summed E-state index contributed by atoms with van der Waals surface area (Å²) in [5.74, 6) is 0. The van der Waals surface area contributed by atoms with Gasteiger partial charge in [0.05, 0.1) is 4.87 Å². The Morgan fingerprint density at radius 3 is 2.39 bits per heavy atom. The van der Waals surface area contributed by atoms with Gasteiger partial charge < -0.3 is 0 Å². The third-order valence-corrected chi connectivity index (χ3v) is 8.56. The van der Waals surface area contributed by atoms with Crippen LogP contribution in [-0.2, 0) is 0 Å². The fraction of sp³-hybridized carbons (Fsp3) is 0.733. The van der Waals surface area contributed by atoms with E-state index in [1.165, 1.54) is 10.1 Å². The Balaban J connectivity index is 2.43. The summed E-state index contributed by atoms with van der Waals surface area (Å²) in [6, 6.07) is 0. The first-order chi connectivity index (χ1) is 8.13. The van der Waals surface area contributed by atoms with Crippen LogP contribution in [0.2, 0.25) is 0 Å². The lowest BCUT2D eigenvalue weighted by molar-refractivity contribution is 0.0917. The number of allylic oxidation sites excluding steroid dienone is 4. The third kappa shape index (κ3) is 2.07. The van der Waals surface area contributed by atoms with E-state index in [1.807, 2.05) is 0 Å². The molecule has 3 heteroatoms. The minimum Gasteiger partial charge on any atom is -0.118 e. The Bertz CT molecular complexity index is 420. The Hall–Kier alpha value is 0.730. The Labute approximate surface area is 132 Å². The molecule has 0 aromatic rings. The Kier molecular flexibility index (Phi) is 3.89. The van der Waals surface area contributed by atoms with Gasteiger partial charge in [0.25, 0.3) is 0 Å². The van der Waals surface area contributed by atoms with E-state index < -0.39 is 0 Å². The van der Waals surface area contributed by atoms with Gasteiger partial charge in [-0.1, -0.05) is 63.4 Å². The molecule has 0 aromatic heterocycles. The molecular weight excluding hydrogens is 375 g/mol. The SMILES string of the molecule is CC1=CC=C(Br)C(C)(C)C12CCC(C)(Cl)C(Br)C2. The largest absolute Gasteiger partial charge is 0.118 e. The predicted octanol–water partition coefficient (Wildman–Crippen LogP) is 6.18. The van der Waals surface area contributed by atoms with Crippen LogP contribution >= 0.6 is 43.5 Å². The highest BCUT2D eigenvalue weighted by atomic mass is 79.9. The van der Waals surface area contributed by atoms with Crippen molar-refractivity contribution in [2.45, 2.75) is 56.7 Å². The lowest BCUT2D eigenvalue weighted by Crippen LogP contribution is -2.50. The molecule has 3 unspecified atom stereocenters. The summed E-state index contributed by atoms with van der Waals surface area (Å²) >= 11 is 14.2. The van der Waals surface area contributed by atoms with E-state index in [1.54, 1.807) is 0 Å².